The van der Waals surface area contributed by atoms with Crippen molar-refractivity contribution in [1.82, 2.24) is 9.46 Å². The highest BCUT2D eigenvalue weighted by Gasteiger charge is 2.06. The molecule has 0 N–H and O–H groups in total. The molecular formula is C7H11BN2. The maximum absolute atomic E-state index is 5.53. The summed E-state index contributed by atoms with van der Waals surface area (Å²) in [5.41, 5.74) is 2.14. The fourth-order valence-corrected chi connectivity index (χ4v) is 1.00. The molecule has 0 unspecified atom stereocenters. The van der Waals surface area contributed by atoms with Gasteiger partial charge < -0.3 is 4.48 Å². The zero-order valence-corrected chi connectivity index (χ0v) is 6.63. The molecule has 52 valence electrons. The van der Waals surface area contributed by atoms with Gasteiger partial charge in [0.25, 0.3) is 0 Å². The lowest BCUT2D eigenvalue weighted by molar-refractivity contribution is 0.821. The van der Waals surface area contributed by atoms with Crippen molar-refractivity contribution in [3.05, 3.63) is 17.7 Å². The van der Waals surface area contributed by atoms with Gasteiger partial charge in [-0.3, -0.25) is 0 Å². The van der Waals surface area contributed by atoms with Crippen molar-refractivity contribution in [3.8, 4) is 0 Å². The molecule has 1 aromatic heterocycles. The number of nitrogens with zero attached hydrogens (tertiary/aromatic N) is 2. The van der Waals surface area contributed by atoms with Gasteiger partial charge in [-0.1, -0.05) is 13.8 Å². The van der Waals surface area contributed by atoms with Gasteiger partial charge in [-0.05, 0) is 12.8 Å². The van der Waals surface area contributed by atoms with Crippen LogP contribution in [0.15, 0.2) is 6.33 Å². The van der Waals surface area contributed by atoms with Crippen molar-refractivity contribution >= 4 is 7.98 Å². The van der Waals surface area contributed by atoms with Crippen molar-refractivity contribution in [3.63, 3.8) is 0 Å². The predicted octanol–water partition coefficient (Wildman–Crippen LogP) is 1.25. The molecule has 1 rings (SSSR count). The Morgan fingerprint density at radius 3 is 2.40 bits per heavy atom. The highest BCUT2D eigenvalue weighted by Crippen LogP contribution is 2.14. The summed E-state index contributed by atoms with van der Waals surface area (Å²) in [5, 5.41) is 0. The maximum Gasteiger partial charge on any atom is 0.235 e. The van der Waals surface area contributed by atoms with Gasteiger partial charge in [0.2, 0.25) is 7.98 Å². The first-order valence-electron chi connectivity index (χ1n) is 3.42. The Morgan fingerprint density at radius 2 is 2.20 bits per heavy atom. The smallest absolute Gasteiger partial charge is 0.235 e. The highest BCUT2D eigenvalue weighted by molar-refractivity contribution is 6.06. The van der Waals surface area contributed by atoms with E-state index in [1.54, 1.807) is 10.8 Å². The quantitative estimate of drug-likeness (QED) is 0.528. The van der Waals surface area contributed by atoms with Crippen LogP contribution in [-0.2, 0) is 0 Å². The molecule has 0 fully saturated rings. The molecule has 2 radical (unpaired) electrons. The Bertz CT molecular complexity index is 228. The largest absolute Gasteiger partial charge is 0.391 e. The van der Waals surface area contributed by atoms with Crippen LogP contribution in [0, 0.1) is 6.92 Å². The van der Waals surface area contributed by atoms with Crippen LogP contribution in [0.5, 0.6) is 0 Å². The zero-order valence-electron chi connectivity index (χ0n) is 6.63. The lowest BCUT2D eigenvalue weighted by Gasteiger charge is -2.02. The predicted molar refractivity (Wildman–Crippen MR) is 42.2 cm³/mol. The van der Waals surface area contributed by atoms with Gasteiger partial charge in [0.15, 0.2) is 0 Å². The maximum atomic E-state index is 5.53. The van der Waals surface area contributed by atoms with Crippen LogP contribution in [0.3, 0.4) is 0 Å². The number of rotatable bonds is 1. The average Bonchev–Trinajstić information content (AvgIpc) is 2.14. The molecule has 0 saturated heterocycles. The lowest BCUT2D eigenvalue weighted by Crippen LogP contribution is -1.95. The minimum atomic E-state index is 0.463. The Hall–Kier alpha value is -0.725. The normalized spacial score (nSPS) is 10.8. The molecule has 0 saturated carbocycles. The van der Waals surface area contributed by atoms with Gasteiger partial charge in [0.1, 0.15) is 0 Å². The SMILES string of the molecule is [B]n1cnc(C(C)C)c1C. The van der Waals surface area contributed by atoms with E-state index < -0.39 is 0 Å². The molecule has 0 amide bonds. The molecule has 0 aliphatic carbocycles. The molecule has 0 spiro atoms. The van der Waals surface area contributed by atoms with Crippen molar-refractivity contribution in [2.75, 3.05) is 0 Å². The van der Waals surface area contributed by atoms with Crippen LogP contribution in [-0.4, -0.2) is 17.4 Å². The van der Waals surface area contributed by atoms with Crippen LogP contribution in [0.1, 0.15) is 31.2 Å². The van der Waals surface area contributed by atoms with Gasteiger partial charge >= 0.3 is 0 Å². The number of imidazole rings is 1. The average molecular weight is 134 g/mol. The molecule has 0 aliphatic heterocycles. The summed E-state index contributed by atoms with van der Waals surface area (Å²) in [6.45, 7) is 6.19. The molecule has 0 bridgehead atoms. The standard InChI is InChI=1S/C7H11BN2/c1-5(2)7-6(3)10(8)4-9-7/h4-5H,1-3H3. The van der Waals surface area contributed by atoms with Crippen LogP contribution in [0.4, 0.5) is 0 Å². The van der Waals surface area contributed by atoms with Crippen LogP contribution in [0.2, 0.25) is 0 Å². The molecule has 1 aromatic rings. The van der Waals surface area contributed by atoms with Crippen molar-refractivity contribution in [2.24, 2.45) is 0 Å². The Labute approximate surface area is 62.7 Å². The fraction of sp³-hybridized carbons (Fsp3) is 0.571. The molecule has 2 nitrogen and oxygen atoms in total. The summed E-state index contributed by atoms with van der Waals surface area (Å²) < 4.78 is 1.55. The van der Waals surface area contributed by atoms with Crippen molar-refractivity contribution < 1.29 is 0 Å². The number of hydrogen-bond acceptors (Lipinski definition) is 1. The second kappa shape index (κ2) is 2.49. The van der Waals surface area contributed by atoms with E-state index in [4.69, 9.17) is 7.98 Å². The third kappa shape index (κ3) is 1.08. The molecule has 1 heterocycles. The Balaban J connectivity index is 3.05. The van der Waals surface area contributed by atoms with Gasteiger partial charge in [0, 0.05) is 5.69 Å². The van der Waals surface area contributed by atoms with Crippen molar-refractivity contribution in [1.29, 1.82) is 0 Å². The van der Waals surface area contributed by atoms with E-state index in [1.807, 2.05) is 6.92 Å². The van der Waals surface area contributed by atoms with E-state index >= 15 is 0 Å². The second-order valence-corrected chi connectivity index (χ2v) is 2.78. The summed E-state index contributed by atoms with van der Waals surface area (Å²) in [5.74, 6) is 0.463. The number of aromatic nitrogens is 2. The molecular weight excluding hydrogens is 123 g/mol. The van der Waals surface area contributed by atoms with E-state index in [9.17, 15) is 0 Å². The van der Waals surface area contributed by atoms with E-state index in [0.29, 0.717) is 5.92 Å². The van der Waals surface area contributed by atoms with E-state index in [0.717, 1.165) is 11.4 Å². The van der Waals surface area contributed by atoms with Crippen molar-refractivity contribution in [2.45, 2.75) is 26.7 Å². The first-order valence-corrected chi connectivity index (χ1v) is 3.42. The molecule has 0 aromatic carbocycles. The van der Waals surface area contributed by atoms with E-state index in [1.165, 1.54) is 0 Å². The lowest BCUT2D eigenvalue weighted by atomic mass is 10.1. The first kappa shape index (κ1) is 7.38. The van der Waals surface area contributed by atoms with Crippen LogP contribution >= 0.6 is 0 Å². The van der Waals surface area contributed by atoms with E-state index in [2.05, 4.69) is 18.8 Å². The minimum absolute atomic E-state index is 0.463. The summed E-state index contributed by atoms with van der Waals surface area (Å²) in [7, 11) is 5.53. The summed E-state index contributed by atoms with van der Waals surface area (Å²) >= 11 is 0. The van der Waals surface area contributed by atoms with Gasteiger partial charge in [-0.15, -0.1) is 0 Å². The highest BCUT2D eigenvalue weighted by atomic mass is 15.0. The van der Waals surface area contributed by atoms with Gasteiger partial charge in [-0.2, -0.15) is 0 Å². The second-order valence-electron chi connectivity index (χ2n) is 2.78. The third-order valence-electron chi connectivity index (χ3n) is 1.63. The molecule has 3 heteroatoms. The Kier molecular flexibility index (Phi) is 1.83. The van der Waals surface area contributed by atoms with Crippen LogP contribution < -0.4 is 0 Å². The summed E-state index contributed by atoms with van der Waals surface area (Å²) in [6.07, 6.45) is 1.64. The summed E-state index contributed by atoms with van der Waals surface area (Å²) in [6, 6.07) is 0. The summed E-state index contributed by atoms with van der Waals surface area (Å²) in [4.78, 5) is 4.15. The molecule has 0 aliphatic rings. The monoisotopic (exact) mass is 134 g/mol. The van der Waals surface area contributed by atoms with Crippen LogP contribution in [0.25, 0.3) is 0 Å². The fourth-order valence-electron chi connectivity index (χ4n) is 1.00. The Morgan fingerprint density at radius 1 is 1.60 bits per heavy atom. The molecule has 0 atom stereocenters. The topological polar surface area (TPSA) is 17.8 Å². The molecule has 10 heavy (non-hydrogen) atoms. The van der Waals surface area contributed by atoms with Gasteiger partial charge in [-0.25, -0.2) is 4.98 Å². The van der Waals surface area contributed by atoms with E-state index in [-0.39, 0.29) is 0 Å². The zero-order chi connectivity index (χ0) is 7.72. The third-order valence-corrected chi connectivity index (χ3v) is 1.63. The first-order chi connectivity index (χ1) is 4.63. The minimum Gasteiger partial charge on any atom is -0.391 e. The number of hydrogen-bond donors (Lipinski definition) is 0. The van der Waals surface area contributed by atoms with Gasteiger partial charge in [0.05, 0.1) is 12.0 Å².